The van der Waals surface area contributed by atoms with Crippen LogP contribution in [0.3, 0.4) is 0 Å². The molecule has 23 heavy (non-hydrogen) atoms. The second-order valence-electron chi connectivity index (χ2n) is 4.64. The molecule has 2 aromatic rings. The predicted octanol–water partition coefficient (Wildman–Crippen LogP) is 4.48. The molecule has 0 aromatic heterocycles. The minimum Gasteiger partial charge on any atom is -0.484 e. The normalized spacial score (nSPS) is 10.8. The van der Waals surface area contributed by atoms with E-state index in [0.29, 0.717) is 26.4 Å². The van der Waals surface area contributed by atoms with Crippen LogP contribution in [-0.4, -0.2) is 18.7 Å². The smallest absolute Gasteiger partial charge is 0.277 e. The number of carbonyl (C=O) groups excluding carboxylic acids is 1. The van der Waals surface area contributed by atoms with E-state index in [4.69, 9.17) is 39.5 Å². The molecule has 0 saturated heterocycles. The quantitative estimate of drug-likeness (QED) is 0.622. The van der Waals surface area contributed by atoms with Gasteiger partial charge in [0.25, 0.3) is 5.91 Å². The fraction of sp³-hybridized carbons (Fsp3) is 0.125. The van der Waals surface area contributed by atoms with Crippen molar-refractivity contribution in [2.24, 2.45) is 5.10 Å². The maximum absolute atomic E-state index is 11.7. The monoisotopic (exact) mass is 370 g/mol. The molecule has 0 saturated carbocycles. The van der Waals surface area contributed by atoms with Crippen molar-refractivity contribution < 1.29 is 9.53 Å². The third kappa shape index (κ3) is 5.13. The SMILES string of the molecule is Cc1cc(OCC(=O)NN=Cc2cccc(Cl)c2Cl)ccc1Cl. The van der Waals surface area contributed by atoms with Crippen LogP contribution in [0.25, 0.3) is 0 Å². The summed E-state index contributed by atoms with van der Waals surface area (Å²) in [6.45, 7) is 1.69. The molecule has 2 aromatic carbocycles. The van der Waals surface area contributed by atoms with Gasteiger partial charge in [0.15, 0.2) is 6.61 Å². The summed E-state index contributed by atoms with van der Waals surface area (Å²) >= 11 is 17.8. The van der Waals surface area contributed by atoms with Gasteiger partial charge >= 0.3 is 0 Å². The summed E-state index contributed by atoms with van der Waals surface area (Å²) in [5, 5.41) is 5.26. The molecule has 0 fully saturated rings. The van der Waals surface area contributed by atoms with Crippen LogP contribution in [0.2, 0.25) is 15.1 Å². The van der Waals surface area contributed by atoms with Crippen molar-refractivity contribution in [3.8, 4) is 5.75 Å². The first-order valence-corrected chi connectivity index (χ1v) is 7.75. The Labute approximate surface area is 149 Å². The van der Waals surface area contributed by atoms with Crippen LogP contribution < -0.4 is 10.2 Å². The third-order valence-electron chi connectivity index (χ3n) is 2.87. The van der Waals surface area contributed by atoms with Gasteiger partial charge in [0.1, 0.15) is 5.75 Å². The first-order chi connectivity index (χ1) is 11.0. The molecular formula is C16H13Cl3N2O2. The van der Waals surface area contributed by atoms with E-state index in [9.17, 15) is 4.79 Å². The van der Waals surface area contributed by atoms with Crippen LogP contribution in [0.4, 0.5) is 0 Å². The van der Waals surface area contributed by atoms with E-state index in [1.165, 1.54) is 6.21 Å². The molecule has 0 atom stereocenters. The Kier molecular flexibility index (Phi) is 6.28. The highest BCUT2D eigenvalue weighted by Gasteiger charge is 2.04. The van der Waals surface area contributed by atoms with Crippen molar-refractivity contribution in [2.45, 2.75) is 6.92 Å². The zero-order chi connectivity index (χ0) is 16.8. The van der Waals surface area contributed by atoms with Crippen LogP contribution in [0.1, 0.15) is 11.1 Å². The molecule has 4 nitrogen and oxygen atoms in total. The molecule has 7 heteroatoms. The molecule has 0 bridgehead atoms. The number of aryl methyl sites for hydroxylation is 1. The standard InChI is InChI=1S/C16H13Cl3N2O2/c1-10-7-12(5-6-13(10)17)23-9-15(22)21-20-8-11-3-2-4-14(18)16(11)19/h2-8H,9H2,1H3,(H,21,22). The zero-order valence-electron chi connectivity index (χ0n) is 12.1. The summed E-state index contributed by atoms with van der Waals surface area (Å²) < 4.78 is 5.36. The van der Waals surface area contributed by atoms with E-state index in [2.05, 4.69) is 10.5 Å². The maximum Gasteiger partial charge on any atom is 0.277 e. The summed E-state index contributed by atoms with van der Waals surface area (Å²) in [4.78, 5) is 11.7. The molecule has 1 N–H and O–H groups in total. The maximum atomic E-state index is 11.7. The summed E-state index contributed by atoms with van der Waals surface area (Å²) in [6, 6.07) is 10.3. The lowest BCUT2D eigenvalue weighted by Crippen LogP contribution is -2.24. The molecule has 0 heterocycles. The number of carbonyl (C=O) groups is 1. The van der Waals surface area contributed by atoms with Crippen LogP contribution in [0, 0.1) is 6.92 Å². The molecule has 120 valence electrons. The second kappa shape index (κ2) is 8.20. The highest BCUT2D eigenvalue weighted by molar-refractivity contribution is 6.43. The molecule has 1 amide bonds. The Morgan fingerprint density at radius 1 is 1.22 bits per heavy atom. The van der Waals surface area contributed by atoms with Crippen LogP contribution in [-0.2, 0) is 4.79 Å². The van der Waals surface area contributed by atoms with Crippen LogP contribution in [0.15, 0.2) is 41.5 Å². The Morgan fingerprint density at radius 3 is 2.74 bits per heavy atom. The molecule has 2 rings (SSSR count). The van der Waals surface area contributed by atoms with Crippen LogP contribution in [0.5, 0.6) is 5.75 Å². The number of nitrogens with one attached hydrogen (secondary N) is 1. The number of halogens is 3. The molecule has 0 aliphatic heterocycles. The highest BCUT2D eigenvalue weighted by atomic mass is 35.5. The molecule has 0 unspecified atom stereocenters. The Bertz CT molecular complexity index is 748. The summed E-state index contributed by atoms with van der Waals surface area (Å²) in [6.07, 6.45) is 1.42. The molecule has 0 spiro atoms. The number of hydrogen-bond donors (Lipinski definition) is 1. The van der Waals surface area contributed by atoms with Crippen molar-refractivity contribution in [1.29, 1.82) is 0 Å². The van der Waals surface area contributed by atoms with Crippen LogP contribution >= 0.6 is 34.8 Å². The van der Waals surface area contributed by atoms with Crippen molar-refractivity contribution in [1.82, 2.24) is 5.43 Å². The van der Waals surface area contributed by atoms with Gasteiger partial charge in [0.05, 0.1) is 16.3 Å². The number of hydrazone groups is 1. The van der Waals surface area contributed by atoms with Gasteiger partial charge < -0.3 is 4.74 Å². The summed E-state index contributed by atoms with van der Waals surface area (Å²) in [5.41, 5.74) is 3.83. The van der Waals surface area contributed by atoms with Gasteiger partial charge in [-0.2, -0.15) is 5.10 Å². The van der Waals surface area contributed by atoms with Crippen molar-refractivity contribution in [3.05, 3.63) is 62.6 Å². The van der Waals surface area contributed by atoms with E-state index in [1.54, 1.807) is 36.4 Å². The minimum atomic E-state index is -0.396. The van der Waals surface area contributed by atoms with Gasteiger partial charge in [-0.1, -0.05) is 46.9 Å². The fourth-order valence-electron chi connectivity index (χ4n) is 1.68. The largest absolute Gasteiger partial charge is 0.484 e. The number of ether oxygens (including phenoxy) is 1. The lowest BCUT2D eigenvalue weighted by molar-refractivity contribution is -0.123. The highest BCUT2D eigenvalue weighted by Crippen LogP contribution is 2.24. The van der Waals surface area contributed by atoms with E-state index < -0.39 is 5.91 Å². The Hall–Kier alpha value is -1.75. The lowest BCUT2D eigenvalue weighted by atomic mass is 10.2. The van der Waals surface area contributed by atoms with Gasteiger partial charge in [-0.05, 0) is 36.8 Å². The van der Waals surface area contributed by atoms with E-state index in [1.807, 2.05) is 6.92 Å². The minimum absolute atomic E-state index is 0.165. The average Bonchev–Trinajstić information content (AvgIpc) is 2.52. The van der Waals surface area contributed by atoms with E-state index in [-0.39, 0.29) is 6.61 Å². The van der Waals surface area contributed by atoms with Gasteiger partial charge in [0.2, 0.25) is 0 Å². The first kappa shape index (κ1) is 17.6. The van der Waals surface area contributed by atoms with Gasteiger partial charge in [-0.15, -0.1) is 0 Å². The van der Waals surface area contributed by atoms with Crippen molar-refractivity contribution in [3.63, 3.8) is 0 Å². The Balaban J connectivity index is 1.86. The van der Waals surface area contributed by atoms with Gasteiger partial charge in [-0.25, -0.2) is 5.43 Å². The third-order valence-corrected chi connectivity index (χ3v) is 4.13. The van der Waals surface area contributed by atoms with E-state index in [0.717, 1.165) is 5.56 Å². The molecular weight excluding hydrogens is 359 g/mol. The fourth-order valence-corrected chi connectivity index (χ4v) is 2.16. The summed E-state index contributed by atoms with van der Waals surface area (Å²) in [7, 11) is 0. The summed E-state index contributed by atoms with van der Waals surface area (Å²) in [5.74, 6) is 0.163. The topological polar surface area (TPSA) is 50.7 Å². The zero-order valence-corrected chi connectivity index (χ0v) is 14.4. The first-order valence-electron chi connectivity index (χ1n) is 6.62. The Morgan fingerprint density at radius 2 is 2.00 bits per heavy atom. The number of benzene rings is 2. The van der Waals surface area contributed by atoms with E-state index >= 15 is 0 Å². The number of rotatable bonds is 5. The van der Waals surface area contributed by atoms with Gasteiger partial charge in [0, 0.05) is 10.6 Å². The second-order valence-corrected chi connectivity index (χ2v) is 5.83. The molecule has 0 aliphatic rings. The average molecular weight is 372 g/mol. The number of nitrogens with zero attached hydrogens (tertiary/aromatic N) is 1. The van der Waals surface area contributed by atoms with Gasteiger partial charge in [-0.3, -0.25) is 4.79 Å². The molecule has 0 aliphatic carbocycles. The van der Waals surface area contributed by atoms with Crippen molar-refractivity contribution in [2.75, 3.05) is 6.61 Å². The molecule has 0 radical (unpaired) electrons. The number of hydrogen-bond acceptors (Lipinski definition) is 3. The van der Waals surface area contributed by atoms with Crippen molar-refractivity contribution >= 4 is 46.9 Å². The lowest BCUT2D eigenvalue weighted by Gasteiger charge is -2.06. The predicted molar refractivity (Wildman–Crippen MR) is 93.9 cm³/mol. The number of amides is 1.